The molecular formula is C10H13ClO2S2. The predicted octanol–water partition coefficient (Wildman–Crippen LogP) is 3.69. The van der Waals surface area contributed by atoms with E-state index >= 15 is 0 Å². The van der Waals surface area contributed by atoms with Crippen molar-refractivity contribution in [2.24, 2.45) is 5.92 Å². The van der Waals surface area contributed by atoms with Crippen LogP contribution in [0.5, 0.6) is 0 Å². The number of hydrogen-bond acceptors (Lipinski definition) is 4. The maximum atomic E-state index is 11.5. The lowest BCUT2D eigenvalue weighted by Gasteiger charge is -2.16. The maximum Gasteiger partial charge on any atom is 0.319 e. The topological polar surface area (TPSA) is 26.3 Å². The molecule has 2 nitrogen and oxygen atoms in total. The molecular weight excluding hydrogens is 252 g/mol. The van der Waals surface area contributed by atoms with Crippen molar-refractivity contribution in [3.05, 3.63) is 16.5 Å². The second-order valence-corrected chi connectivity index (χ2v) is 6.52. The van der Waals surface area contributed by atoms with Crippen molar-refractivity contribution in [3.8, 4) is 0 Å². The number of esters is 1. The third-order valence-electron chi connectivity index (χ3n) is 1.83. The van der Waals surface area contributed by atoms with Crippen LogP contribution in [-0.2, 0) is 9.53 Å². The van der Waals surface area contributed by atoms with E-state index in [1.165, 1.54) is 30.2 Å². The molecule has 0 aliphatic rings. The minimum absolute atomic E-state index is 0.162. The quantitative estimate of drug-likeness (QED) is 0.613. The summed E-state index contributed by atoms with van der Waals surface area (Å²) in [6, 6.07) is 3.76. The Morgan fingerprint density at radius 3 is 2.60 bits per heavy atom. The van der Waals surface area contributed by atoms with E-state index in [1.807, 2.05) is 26.0 Å². The van der Waals surface area contributed by atoms with E-state index in [2.05, 4.69) is 0 Å². The van der Waals surface area contributed by atoms with Gasteiger partial charge in [-0.15, -0.1) is 11.3 Å². The van der Waals surface area contributed by atoms with Crippen LogP contribution in [-0.4, -0.2) is 18.3 Å². The second-order valence-electron chi connectivity index (χ2n) is 3.36. The van der Waals surface area contributed by atoms with E-state index in [9.17, 15) is 4.79 Å². The van der Waals surface area contributed by atoms with Crippen LogP contribution in [0.15, 0.2) is 16.3 Å². The van der Waals surface area contributed by atoms with Crippen molar-refractivity contribution in [1.29, 1.82) is 0 Å². The Hall–Kier alpha value is -0.190. The van der Waals surface area contributed by atoms with Gasteiger partial charge in [-0.05, 0) is 18.1 Å². The van der Waals surface area contributed by atoms with Gasteiger partial charge in [0.25, 0.3) is 0 Å². The zero-order valence-electron chi connectivity index (χ0n) is 8.82. The van der Waals surface area contributed by atoms with Gasteiger partial charge in [0.2, 0.25) is 0 Å². The van der Waals surface area contributed by atoms with Crippen LogP contribution in [0, 0.1) is 5.92 Å². The lowest BCUT2D eigenvalue weighted by molar-refractivity contribution is -0.140. The van der Waals surface area contributed by atoms with Gasteiger partial charge in [0.1, 0.15) is 5.25 Å². The van der Waals surface area contributed by atoms with Crippen molar-refractivity contribution in [3.63, 3.8) is 0 Å². The van der Waals surface area contributed by atoms with Gasteiger partial charge in [0, 0.05) is 0 Å². The molecule has 84 valence electrons. The summed E-state index contributed by atoms with van der Waals surface area (Å²) < 4.78 is 6.55. The highest BCUT2D eigenvalue weighted by atomic mass is 35.5. The van der Waals surface area contributed by atoms with E-state index in [0.29, 0.717) is 0 Å². The van der Waals surface area contributed by atoms with Gasteiger partial charge < -0.3 is 4.74 Å². The molecule has 15 heavy (non-hydrogen) atoms. The largest absolute Gasteiger partial charge is 0.468 e. The van der Waals surface area contributed by atoms with Gasteiger partial charge in [0.15, 0.2) is 0 Å². The molecule has 0 spiro atoms. The van der Waals surface area contributed by atoms with Crippen molar-refractivity contribution in [1.82, 2.24) is 0 Å². The molecule has 0 aliphatic carbocycles. The summed E-state index contributed by atoms with van der Waals surface area (Å²) in [4.78, 5) is 11.5. The molecule has 0 saturated carbocycles. The van der Waals surface area contributed by atoms with Crippen LogP contribution in [0.4, 0.5) is 0 Å². The molecule has 1 unspecified atom stereocenters. The molecule has 0 amide bonds. The van der Waals surface area contributed by atoms with Crippen molar-refractivity contribution < 1.29 is 9.53 Å². The smallest absolute Gasteiger partial charge is 0.319 e. The van der Waals surface area contributed by atoms with Crippen LogP contribution in [0.2, 0.25) is 4.34 Å². The Balaban J connectivity index is 2.71. The molecule has 1 rings (SSSR count). The summed E-state index contributed by atoms with van der Waals surface area (Å²) in [5, 5.41) is -0.162. The molecule has 1 aromatic rings. The summed E-state index contributed by atoms with van der Waals surface area (Å²) in [6.07, 6.45) is 0. The number of thiophene rings is 1. The van der Waals surface area contributed by atoms with Crippen LogP contribution in [0.3, 0.4) is 0 Å². The third kappa shape index (κ3) is 3.70. The number of carbonyl (C=O) groups is 1. The first kappa shape index (κ1) is 12.9. The summed E-state index contributed by atoms with van der Waals surface area (Å²) in [5.41, 5.74) is 0. The molecule has 0 saturated heterocycles. The SMILES string of the molecule is COC(=O)C(Sc1ccc(Cl)s1)C(C)C. The van der Waals surface area contributed by atoms with Crippen LogP contribution in [0.1, 0.15) is 13.8 Å². The predicted molar refractivity (Wildman–Crippen MR) is 65.8 cm³/mol. The molecule has 0 bridgehead atoms. The molecule has 1 atom stereocenters. The highest BCUT2D eigenvalue weighted by Crippen LogP contribution is 2.35. The summed E-state index contributed by atoms with van der Waals surface area (Å²) in [6.45, 7) is 4.01. The monoisotopic (exact) mass is 264 g/mol. The van der Waals surface area contributed by atoms with E-state index in [1.54, 1.807) is 0 Å². The first-order chi connectivity index (χ1) is 7.04. The molecule has 1 aromatic heterocycles. The average Bonchev–Trinajstić information content (AvgIpc) is 2.59. The van der Waals surface area contributed by atoms with Crippen LogP contribution in [0.25, 0.3) is 0 Å². The Kier molecular flexibility index (Phi) is 4.96. The number of ether oxygens (including phenoxy) is 1. The van der Waals surface area contributed by atoms with Gasteiger partial charge in [-0.25, -0.2) is 0 Å². The van der Waals surface area contributed by atoms with Crippen LogP contribution < -0.4 is 0 Å². The molecule has 5 heteroatoms. The zero-order valence-corrected chi connectivity index (χ0v) is 11.2. The fraction of sp³-hybridized carbons (Fsp3) is 0.500. The number of hydrogen-bond donors (Lipinski definition) is 0. The minimum Gasteiger partial charge on any atom is -0.468 e. The lowest BCUT2D eigenvalue weighted by Crippen LogP contribution is -2.24. The number of carbonyl (C=O) groups excluding carboxylic acids is 1. The van der Waals surface area contributed by atoms with Crippen LogP contribution >= 0.6 is 34.7 Å². The highest BCUT2D eigenvalue weighted by Gasteiger charge is 2.24. The molecule has 0 fully saturated rings. The van der Waals surface area contributed by atoms with Crippen molar-refractivity contribution in [2.75, 3.05) is 7.11 Å². The van der Waals surface area contributed by atoms with E-state index in [-0.39, 0.29) is 17.1 Å². The van der Waals surface area contributed by atoms with E-state index < -0.39 is 0 Å². The number of thioether (sulfide) groups is 1. The summed E-state index contributed by atoms with van der Waals surface area (Å²) >= 11 is 8.82. The fourth-order valence-corrected chi connectivity index (χ4v) is 3.61. The second kappa shape index (κ2) is 5.77. The third-order valence-corrected chi connectivity index (χ3v) is 4.75. The van der Waals surface area contributed by atoms with E-state index in [4.69, 9.17) is 16.3 Å². The van der Waals surface area contributed by atoms with Gasteiger partial charge in [0.05, 0.1) is 15.7 Å². The zero-order chi connectivity index (χ0) is 11.4. The van der Waals surface area contributed by atoms with Crippen molar-refractivity contribution >= 4 is 40.7 Å². The average molecular weight is 265 g/mol. The lowest BCUT2D eigenvalue weighted by atomic mass is 10.1. The minimum atomic E-state index is -0.181. The standard InChI is InChI=1S/C10H13ClO2S2/c1-6(2)9(10(12)13-3)15-8-5-4-7(11)14-8/h4-6,9H,1-3H3. The molecule has 0 aliphatic heterocycles. The first-order valence-electron chi connectivity index (χ1n) is 4.54. The van der Waals surface area contributed by atoms with Crippen molar-refractivity contribution in [2.45, 2.75) is 23.3 Å². The maximum absolute atomic E-state index is 11.5. The van der Waals surface area contributed by atoms with E-state index in [0.717, 1.165) is 8.55 Å². The van der Waals surface area contributed by atoms with Gasteiger partial charge >= 0.3 is 5.97 Å². The summed E-state index contributed by atoms with van der Waals surface area (Å²) in [7, 11) is 1.42. The normalized spacial score (nSPS) is 12.9. The molecule has 0 aromatic carbocycles. The summed E-state index contributed by atoms with van der Waals surface area (Å²) in [5.74, 6) is 0.0582. The molecule has 0 radical (unpaired) electrons. The van der Waals surface area contributed by atoms with Gasteiger partial charge in [-0.1, -0.05) is 37.2 Å². The number of methoxy groups -OCH3 is 1. The molecule has 1 heterocycles. The highest BCUT2D eigenvalue weighted by molar-refractivity contribution is 8.02. The first-order valence-corrected chi connectivity index (χ1v) is 6.62. The Morgan fingerprint density at radius 2 is 2.20 bits per heavy atom. The number of rotatable bonds is 4. The Bertz CT molecular complexity index is 336. The van der Waals surface area contributed by atoms with Gasteiger partial charge in [-0.2, -0.15) is 0 Å². The van der Waals surface area contributed by atoms with Gasteiger partial charge in [-0.3, -0.25) is 4.79 Å². The molecule has 0 N–H and O–H groups in total. The Labute approximate surface area is 103 Å². The fourth-order valence-electron chi connectivity index (χ4n) is 1.06. The Morgan fingerprint density at radius 1 is 1.53 bits per heavy atom. The number of halogens is 1.